The molecule has 1 fully saturated rings. The summed E-state index contributed by atoms with van der Waals surface area (Å²) in [5.74, 6) is -2.76. The highest BCUT2D eigenvalue weighted by Gasteiger charge is 2.52. The van der Waals surface area contributed by atoms with Crippen molar-refractivity contribution < 1.29 is 52.4 Å². The molecule has 0 radical (unpaired) electrons. The number of ether oxygens (including phenoxy) is 6. The van der Waals surface area contributed by atoms with Gasteiger partial charge in [0.1, 0.15) is 24.5 Å². The lowest BCUT2D eigenvalue weighted by molar-refractivity contribution is -0.271. The van der Waals surface area contributed by atoms with Crippen LogP contribution in [0.5, 0.6) is 5.75 Å². The van der Waals surface area contributed by atoms with Gasteiger partial charge >= 0.3 is 23.9 Å². The molecule has 1 aliphatic rings. The number of carbonyl (C=O) groups excluding carboxylic acids is 5. The van der Waals surface area contributed by atoms with Crippen LogP contribution in [0.3, 0.4) is 0 Å². The van der Waals surface area contributed by atoms with Crippen LogP contribution in [-0.4, -0.2) is 73.6 Å². The van der Waals surface area contributed by atoms with Crippen molar-refractivity contribution in [2.75, 3.05) is 13.2 Å². The van der Waals surface area contributed by atoms with Gasteiger partial charge in [0.15, 0.2) is 12.2 Å². The number of halogens is 1. The highest BCUT2D eigenvalue weighted by Crippen LogP contribution is 2.28. The van der Waals surface area contributed by atoms with E-state index in [2.05, 4.69) is 5.32 Å². The van der Waals surface area contributed by atoms with Crippen molar-refractivity contribution in [1.82, 2.24) is 5.32 Å². The van der Waals surface area contributed by atoms with Crippen molar-refractivity contribution in [3.05, 3.63) is 28.8 Å². The molecule has 1 aromatic carbocycles. The van der Waals surface area contributed by atoms with Gasteiger partial charge in [0.25, 0.3) is 0 Å². The second-order valence-corrected chi connectivity index (χ2v) is 8.99. The van der Waals surface area contributed by atoms with Crippen molar-refractivity contribution in [1.29, 1.82) is 0 Å². The standard InChI is InChI=1S/C25H32ClNO11/c1-13-11-18(26)8-9-19(13)33-10-6-7-21(32)27-22-24(36-16(4)30)23(35-15(3)29)20(12-34-14(2)28)38-25(22)37-17(5)31/h8-9,11,20,22-25H,6-7,10,12H2,1-5H3,(H,27,32)/t20-,22+,23-,24-,25-/m1/s1. The smallest absolute Gasteiger partial charge is 0.305 e. The monoisotopic (exact) mass is 557 g/mol. The number of rotatable bonds is 11. The van der Waals surface area contributed by atoms with Crippen molar-refractivity contribution in [3.63, 3.8) is 0 Å². The van der Waals surface area contributed by atoms with Gasteiger partial charge < -0.3 is 33.7 Å². The maximum absolute atomic E-state index is 12.8. The van der Waals surface area contributed by atoms with Gasteiger partial charge in [-0.2, -0.15) is 0 Å². The molecule has 2 rings (SSSR count). The molecule has 1 N–H and O–H groups in total. The average molecular weight is 558 g/mol. The highest BCUT2D eigenvalue weighted by atomic mass is 35.5. The van der Waals surface area contributed by atoms with Gasteiger partial charge in [0.2, 0.25) is 12.2 Å². The Kier molecular flexibility index (Phi) is 11.8. The number of aryl methyl sites for hydroxylation is 1. The summed E-state index contributed by atoms with van der Waals surface area (Å²) in [5, 5.41) is 3.22. The molecule has 0 saturated carbocycles. The molecule has 1 amide bonds. The summed E-state index contributed by atoms with van der Waals surface area (Å²) in [6.45, 7) is 6.20. The number of nitrogens with one attached hydrogen (secondary N) is 1. The van der Waals surface area contributed by atoms with E-state index in [4.69, 9.17) is 40.0 Å². The third-order valence-corrected chi connectivity index (χ3v) is 5.49. The number of hydrogen-bond donors (Lipinski definition) is 1. The Bertz CT molecular complexity index is 1030. The molecule has 0 bridgehead atoms. The molecule has 5 atom stereocenters. The molecule has 1 saturated heterocycles. The van der Waals surface area contributed by atoms with Crippen molar-refractivity contribution in [2.45, 2.75) is 78.1 Å². The Labute approximate surface area is 225 Å². The molecular weight excluding hydrogens is 526 g/mol. The lowest BCUT2D eigenvalue weighted by Crippen LogP contribution is -2.67. The topological polar surface area (TPSA) is 153 Å². The molecular formula is C25H32ClNO11. The minimum absolute atomic E-state index is 0.00215. The fraction of sp³-hybridized carbons (Fsp3) is 0.560. The average Bonchev–Trinajstić information content (AvgIpc) is 2.79. The van der Waals surface area contributed by atoms with E-state index in [0.717, 1.165) is 33.3 Å². The Morgan fingerprint density at radius 3 is 2.13 bits per heavy atom. The third-order valence-electron chi connectivity index (χ3n) is 5.25. The van der Waals surface area contributed by atoms with E-state index in [9.17, 15) is 24.0 Å². The lowest BCUT2D eigenvalue weighted by Gasteiger charge is -2.44. The van der Waals surface area contributed by atoms with E-state index in [1.165, 1.54) is 0 Å². The predicted octanol–water partition coefficient (Wildman–Crippen LogP) is 2.01. The van der Waals surface area contributed by atoms with Gasteiger partial charge in [0.05, 0.1) is 6.61 Å². The largest absolute Gasteiger partial charge is 0.493 e. The predicted molar refractivity (Wildman–Crippen MR) is 131 cm³/mol. The minimum Gasteiger partial charge on any atom is -0.493 e. The SMILES string of the molecule is CC(=O)OC[C@H]1O[C@@H](OC(C)=O)[C@@H](NC(=O)CCCOc2ccc(Cl)cc2C)[C@@H](OC(C)=O)[C@@H]1OC(C)=O. The number of carbonyl (C=O) groups is 5. The van der Waals surface area contributed by atoms with Crippen LogP contribution in [0.1, 0.15) is 46.1 Å². The van der Waals surface area contributed by atoms with Crippen LogP contribution in [0.4, 0.5) is 0 Å². The Morgan fingerprint density at radius 1 is 0.921 bits per heavy atom. The van der Waals surface area contributed by atoms with Crippen LogP contribution in [0, 0.1) is 6.92 Å². The summed E-state index contributed by atoms with van der Waals surface area (Å²) < 4.78 is 32.4. The summed E-state index contributed by atoms with van der Waals surface area (Å²) in [6.07, 6.45) is -4.91. The van der Waals surface area contributed by atoms with Gasteiger partial charge in [-0.25, -0.2) is 0 Å². The third kappa shape index (κ3) is 9.82. The van der Waals surface area contributed by atoms with Crippen molar-refractivity contribution in [3.8, 4) is 5.75 Å². The molecule has 1 aliphatic heterocycles. The summed E-state index contributed by atoms with van der Waals surface area (Å²) in [5.41, 5.74) is 0.842. The molecule has 0 aromatic heterocycles. The number of amides is 1. The zero-order valence-corrected chi connectivity index (χ0v) is 22.6. The van der Waals surface area contributed by atoms with E-state index < -0.39 is 67.0 Å². The van der Waals surface area contributed by atoms with Crippen LogP contribution in [-0.2, 0) is 47.7 Å². The molecule has 0 spiro atoms. The first-order valence-corrected chi connectivity index (χ1v) is 12.2. The van der Waals surface area contributed by atoms with Crippen LogP contribution < -0.4 is 10.1 Å². The molecule has 13 heteroatoms. The molecule has 0 unspecified atom stereocenters. The number of hydrogen-bond acceptors (Lipinski definition) is 11. The van der Waals surface area contributed by atoms with Crippen molar-refractivity contribution >= 4 is 41.4 Å². The summed E-state index contributed by atoms with van der Waals surface area (Å²) in [7, 11) is 0. The first-order valence-electron chi connectivity index (χ1n) is 11.9. The lowest BCUT2D eigenvalue weighted by atomic mass is 9.95. The zero-order valence-electron chi connectivity index (χ0n) is 21.8. The van der Waals surface area contributed by atoms with Gasteiger partial charge in [-0.1, -0.05) is 11.6 Å². The maximum atomic E-state index is 12.8. The second-order valence-electron chi connectivity index (χ2n) is 8.56. The second kappa shape index (κ2) is 14.5. The molecule has 0 aliphatic carbocycles. The van der Waals surface area contributed by atoms with Gasteiger partial charge in [0, 0.05) is 39.1 Å². The zero-order chi connectivity index (χ0) is 28.4. The highest BCUT2D eigenvalue weighted by molar-refractivity contribution is 6.30. The van der Waals surface area contributed by atoms with Gasteiger partial charge in [-0.05, 0) is 37.1 Å². The Hall–Kier alpha value is -3.38. The van der Waals surface area contributed by atoms with Gasteiger partial charge in [-0.15, -0.1) is 0 Å². The van der Waals surface area contributed by atoms with Crippen LogP contribution >= 0.6 is 11.6 Å². The first-order chi connectivity index (χ1) is 17.9. The normalized spacial score (nSPS) is 22.5. The van der Waals surface area contributed by atoms with E-state index in [1.807, 2.05) is 6.92 Å². The fourth-order valence-electron chi connectivity index (χ4n) is 3.77. The van der Waals surface area contributed by atoms with Crippen molar-refractivity contribution in [2.24, 2.45) is 0 Å². The molecule has 12 nitrogen and oxygen atoms in total. The van der Waals surface area contributed by atoms with E-state index >= 15 is 0 Å². The number of benzene rings is 1. The Balaban J connectivity index is 2.17. The first kappa shape index (κ1) is 30.8. The maximum Gasteiger partial charge on any atom is 0.305 e. The summed E-state index contributed by atoms with van der Waals surface area (Å²) in [6, 6.07) is 3.93. The Morgan fingerprint density at radius 2 is 1.55 bits per heavy atom. The van der Waals surface area contributed by atoms with E-state index in [0.29, 0.717) is 17.2 Å². The van der Waals surface area contributed by atoms with Crippen LogP contribution in [0.15, 0.2) is 18.2 Å². The fourth-order valence-corrected chi connectivity index (χ4v) is 3.99. The molecule has 38 heavy (non-hydrogen) atoms. The molecule has 1 heterocycles. The van der Waals surface area contributed by atoms with Gasteiger partial charge in [-0.3, -0.25) is 24.0 Å². The summed E-state index contributed by atoms with van der Waals surface area (Å²) >= 11 is 5.95. The summed E-state index contributed by atoms with van der Waals surface area (Å²) in [4.78, 5) is 59.7. The van der Waals surface area contributed by atoms with Crippen LogP contribution in [0.25, 0.3) is 0 Å². The minimum atomic E-state index is -1.44. The number of esters is 4. The quantitative estimate of drug-likeness (QED) is 0.241. The molecule has 1 aromatic rings. The molecule has 210 valence electrons. The van der Waals surface area contributed by atoms with Crippen LogP contribution in [0.2, 0.25) is 5.02 Å². The van der Waals surface area contributed by atoms with E-state index in [1.54, 1.807) is 18.2 Å². The van der Waals surface area contributed by atoms with E-state index in [-0.39, 0.29) is 13.0 Å².